The van der Waals surface area contributed by atoms with Gasteiger partial charge in [0.05, 0.1) is 4.83 Å². The van der Waals surface area contributed by atoms with Crippen LogP contribution in [0.25, 0.3) is 0 Å². The molecular formula is C16H21BrO10. The van der Waals surface area contributed by atoms with Gasteiger partial charge < -0.3 is 23.7 Å². The molecule has 2 unspecified atom stereocenters. The average Bonchev–Trinajstić information content (AvgIpc) is 2.49. The van der Waals surface area contributed by atoms with Crippen LogP contribution in [0.4, 0.5) is 0 Å². The van der Waals surface area contributed by atoms with Crippen molar-refractivity contribution >= 4 is 45.8 Å². The summed E-state index contributed by atoms with van der Waals surface area (Å²) in [7, 11) is 0. The molecule has 0 aromatic heterocycles. The van der Waals surface area contributed by atoms with E-state index in [4.69, 9.17) is 23.7 Å². The Hall–Kier alpha value is -2.17. The van der Waals surface area contributed by atoms with Crippen LogP contribution in [0.1, 0.15) is 34.6 Å². The largest absolute Gasteiger partial charge is 0.457 e. The number of rotatable bonds is 5. The van der Waals surface area contributed by atoms with E-state index in [1.807, 2.05) is 0 Å². The highest BCUT2D eigenvalue weighted by Crippen LogP contribution is 2.36. The van der Waals surface area contributed by atoms with Gasteiger partial charge in [-0.3, -0.25) is 24.0 Å². The summed E-state index contributed by atoms with van der Waals surface area (Å²) in [6.07, 6.45) is -6.37. The molecule has 1 aliphatic carbocycles. The molecule has 11 heteroatoms. The van der Waals surface area contributed by atoms with Crippen molar-refractivity contribution < 1.29 is 47.7 Å². The second-order valence-electron chi connectivity index (χ2n) is 5.81. The highest BCUT2D eigenvalue weighted by molar-refractivity contribution is 9.09. The Bertz CT molecular complexity index is 574. The zero-order valence-corrected chi connectivity index (χ0v) is 17.0. The van der Waals surface area contributed by atoms with Gasteiger partial charge in [-0.2, -0.15) is 0 Å². The van der Waals surface area contributed by atoms with E-state index in [-0.39, 0.29) is 0 Å². The smallest absolute Gasteiger partial charge is 0.303 e. The summed E-state index contributed by atoms with van der Waals surface area (Å²) in [4.78, 5) is 56.8. The topological polar surface area (TPSA) is 132 Å². The maximum Gasteiger partial charge on any atom is 0.303 e. The third-order valence-electron chi connectivity index (χ3n) is 3.43. The summed E-state index contributed by atoms with van der Waals surface area (Å²) in [5.41, 5.74) is 0. The Kier molecular flexibility index (Phi) is 8.20. The first-order valence-corrected chi connectivity index (χ1v) is 8.85. The molecule has 0 heterocycles. The first-order valence-electron chi connectivity index (χ1n) is 7.94. The van der Waals surface area contributed by atoms with Crippen molar-refractivity contribution in [1.29, 1.82) is 0 Å². The Morgan fingerprint density at radius 2 is 0.667 bits per heavy atom. The first kappa shape index (κ1) is 22.9. The standard InChI is InChI=1S/C16H21BrO10/c1-6(18)23-12-11(17)13(24-7(2)19)15(26-9(4)21)16(27-10(5)22)14(12)25-8(3)20/h11-16H,1-5H3/t11?,12-,13+,14+,15-,16?. The van der Waals surface area contributed by atoms with Gasteiger partial charge >= 0.3 is 29.8 Å². The summed E-state index contributed by atoms with van der Waals surface area (Å²) in [6.45, 7) is 5.57. The Balaban J connectivity index is 3.46. The molecule has 10 nitrogen and oxygen atoms in total. The predicted octanol–water partition coefficient (Wildman–Crippen LogP) is 0.422. The van der Waals surface area contributed by atoms with E-state index >= 15 is 0 Å². The third kappa shape index (κ3) is 6.49. The van der Waals surface area contributed by atoms with E-state index in [9.17, 15) is 24.0 Å². The van der Waals surface area contributed by atoms with Crippen molar-refractivity contribution in [2.45, 2.75) is 70.0 Å². The molecule has 0 aromatic rings. The second-order valence-corrected chi connectivity index (χ2v) is 6.87. The monoisotopic (exact) mass is 452 g/mol. The first-order chi connectivity index (χ1) is 12.4. The lowest BCUT2D eigenvalue weighted by molar-refractivity contribution is -0.227. The van der Waals surface area contributed by atoms with Crippen molar-refractivity contribution in [2.24, 2.45) is 0 Å². The van der Waals surface area contributed by atoms with Gasteiger partial charge in [0.2, 0.25) is 0 Å². The molecule has 0 aliphatic heterocycles. The van der Waals surface area contributed by atoms with Gasteiger partial charge in [0.15, 0.2) is 30.5 Å². The van der Waals surface area contributed by atoms with E-state index in [1.54, 1.807) is 0 Å². The summed E-state index contributed by atoms with van der Waals surface area (Å²) < 4.78 is 26.0. The number of hydrogen-bond acceptors (Lipinski definition) is 10. The van der Waals surface area contributed by atoms with Crippen LogP contribution in [-0.4, -0.2) is 65.2 Å². The van der Waals surface area contributed by atoms with E-state index in [0.717, 1.165) is 34.6 Å². The molecule has 152 valence electrons. The summed E-state index contributed by atoms with van der Waals surface area (Å²) in [5.74, 6) is -3.69. The highest BCUT2D eigenvalue weighted by Gasteiger charge is 2.58. The number of carbonyl (C=O) groups excluding carboxylic acids is 5. The van der Waals surface area contributed by atoms with Crippen molar-refractivity contribution in [2.75, 3.05) is 0 Å². The number of alkyl halides is 1. The van der Waals surface area contributed by atoms with E-state index in [1.165, 1.54) is 0 Å². The molecule has 6 atom stereocenters. The zero-order valence-electron chi connectivity index (χ0n) is 15.4. The van der Waals surface area contributed by atoms with Gasteiger partial charge in [-0.05, 0) is 0 Å². The lowest BCUT2D eigenvalue weighted by atomic mass is 9.86. The van der Waals surface area contributed by atoms with Crippen LogP contribution in [0.2, 0.25) is 0 Å². The minimum absolute atomic E-state index is 0.712. The minimum Gasteiger partial charge on any atom is -0.457 e. The van der Waals surface area contributed by atoms with Crippen LogP contribution in [-0.2, 0) is 47.7 Å². The van der Waals surface area contributed by atoms with Gasteiger partial charge in [-0.15, -0.1) is 0 Å². The molecule has 1 fully saturated rings. The lowest BCUT2D eigenvalue weighted by Gasteiger charge is -2.45. The number of hydrogen-bond donors (Lipinski definition) is 0. The van der Waals surface area contributed by atoms with Crippen LogP contribution < -0.4 is 0 Å². The van der Waals surface area contributed by atoms with E-state index in [0.29, 0.717) is 0 Å². The number of ether oxygens (including phenoxy) is 5. The maximum absolute atomic E-state index is 11.6. The number of halogens is 1. The fraction of sp³-hybridized carbons (Fsp3) is 0.688. The molecular weight excluding hydrogens is 432 g/mol. The normalized spacial score (nSPS) is 29.9. The number of esters is 5. The third-order valence-corrected chi connectivity index (χ3v) is 4.48. The minimum atomic E-state index is -1.38. The molecule has 0 amide bonds. The molecule has 0 aromatic carbocycles. The lowest BCUT2D eigenvalue weighted by Crippen LogP contribution is -2.66. The molecule has 0 radical (unpaired) electrons. The van der Waals surface area contributed by atoms with Gasteiger partial charge in [-0.25, -0.2) is 0 Å². The summed E-state index contributed by atoms with van der Waals surface area (Å²) in [6, 6.07) is 0. The van der Waals surface area contributed by atoms with E-state index < -0.39 is 65.2 Å². The van der Waals surface area contributed by atoms with E-state index in [2.05, 4.69) is 15.9 Å². The van der Waals surface area contributed by atoms with Crippen molar-refractivity contribution in [3.05, 3.63) is 0 Å². The van der Waals surface area contributed by atoms with Crippen LogP contribution in [0, 0.1) is 0 Å². The number of carbonyl (C=O) groups is 5. The summed E-state index contributed by atoms with van der Waals surface area (Å²) in [5, 5.41) is 0. The molecule has 0 saturated heterocycles. The van der Waals surface area contributed by atoms with Gasteiger partial charge in [0, 0.05) is 34.6 Å². The molecule has 0 N–H and O–H groups in total. The zero-order chi connectivity index (χ0) is 20.9. The quantitative estimate of drug-likeness (QED) is 0.328. The molecule has 0 spiro atoms. The summed E-state index contributed by atoms with van der Waals surface area (Å²) >= 11 is 3.26. The van der Waals surface area contributed by atoms with Crippen molar-refractivity contribution in [1.82, 2.24) is 0 Å². The van der Waals surface area contributed by atoms with Crippen LogP contribution in [0.15, 0.2) is 0 Å². The second kappa shape index (κ2) is 9.67. The molecule has 1 saturated carbocycles. The molecule has 1 rings (SSSR count). The van der Waals surface area contributed by atoms with Gasteiger partial charge in [0.25, 0.3) is 0 Å². The Labute approximate surface area is 163 Å². The predicted molar refractivity (Wildman–Crippen MR) is 90.5 cm³/mol. The molecule has 27 heavy (non-hydrogen) atoms. The SMILES string of the molecule is CC(=O)OC1[C@@H](OC(C)=O)[C@H](OC(C)=O)C(Br)[C@H](OC(C)=O)[C@H]1OC(C)=O. The molecule has 1 aliphatic rings. The fourth-order valence-corrected chi connectivity index (χ4v) is 3.55. The van der Waals surface area contributed by atoms with Crippen LogP contribution in [0.5, 0.6) is 0 Å². The van der Waals surface area contributed by atoms with Crippen molar-refractivity contribution in [3.8, 4) is 0 Å². The highest BCUT2D eigenvalue weighted by atomic mass is 79.9. The molecule has 0 bridgehead atoms. The van der Waals surface area contributed by atoms with Gasteiger partial charge in [-0.1, -0.05) is 15.9 Å². The fourth-order valence-electron chi connectivity index (χ4n) is 2.73. The Morgan fingerprint density at radius 3 is 0.889 bits per heavy atom. The maximum atomic E-state index is 11.6. The average molecular weight is 453 g/mol. The van der Waals surface area contributed by atoms with Crippen LogP contribution in [0.3, 0.4) is 0 Å². The Morgan fingerprint density at radius 1 is 0.481 bits per heavy atom. The van der Waals surface area contributed by atoms with Gasteiger partial charge in [0.1, 0.15) is 0 Å². The van der Waals surface area contributed by atoms with Crippen LogP contribution >= 0.6 is 15.9 Å². The van der Waals surface area contributed by atoms with Crippen molar-refractivity contribution in [3.63, 3.8) is 0 Å².